The molecule has 0 amide bonds. The Morgan fingerprint density at radius 2 is 0.442 bits per heavy atom. The van der Waals surface area contributed by atoms with Gasteiger partial charge in [0.05, 0.1) is 66.4 Å². The van der Waals surface area contributed by atoms with Crippen molar-refractivity contribution in [3.63, 3.8) is 0 Å². The molecule has 6 heterocycles. The van der Waals surface area contributed by atoms with Gasteiger partial charge in [-0.3, -0.25) is 9.13 Å². The molecule has 636 valence electrons. The van der Waals surface area contributed by atoms with Crippen molar-refractivity contribution in [3.8, 4) is 124 Å². The lowest BCUT2D eigenvalue weighted by Crippen LogP contribution is -2.03. The number of hydrogen-bond donors (Lipinski definition) is 0. The van der Waals surface area contributed by atoms with E-state index in [1.807, 2.05) is 30.3 Å². The molecule has 0 atom stereocenters. The minimum Gasteiger partial charge on any atom is -0.309 e. The van der Waals surface area contributed by atoms with E-state index >= 15 is 0 Å². The van der Waals surface area contributed by atoms with Crippen LogP contribution in [0.1, 0.15) is 0 Å². The molecule has 0 fully saturated rings. The highest BCUT2D eigenvalue weighted by atomic mass is 15.2. The van der Waals surface area contributed by atoms with Crippen LogP contribution in [0, 0.1) is 0 Å². The second-order valence-electron chi connectivity index (χ2n) is 36.9. The summed E-state index contributed by atoms with van der Waals surface area (Å²) in [6, 6.07) is 167. The topological polar surface area (TPSA) is 71.3 Å². The van der Waals surface area contributed by atoms with Gasteiger partial charge in [0.2, 0.25) is 5.95 Å². The largest absolute Gasteiger partial charge is 0.309 e. The lowest BCUT2D eigenvalue weighted by molar-refractivity contribution is 1.01. The second kappa shape index (κ2) is 29.5. The summed E-state index contributed by atoms with van der Waals surface area (Å²) < 4.78 is 9.46. The highest BCUT2D eigenvalue weighted by Crippen LogP contribution is 2.56. The fraction of sp³-hybridized carbons (Fsp3) is 0. The molecule has 8 nitrogen and oxygen atoms in total. The van der Waals surface area contributed by atoms with Gasteiger partial charge in [0.1, 0.15) is 5.69 Å². The first-order chi connectivity index (χ1) is 68.5. The average Bonchev–Trinajstić information content (AvgIpc) is 1.54. The Kier molecular flexibility index (Phi) is 16.3. The van der Waals surface area contributed by atoms with Gasteiger partial charge in [-0.1, -0.05) is 334 Å². The summed E-state index contributed by atoms with van der Waals surface area (Å²) in [5, 5.41) is 26.6. The molecule has 138 heavy (non-hydrogen) atoms. The normalized spacial score (nSPS) is 12.2. The van der Waals surface area contributed by atoms with Crippen LogP contribution < -0.4 is 0 Å². The number of fused-ring (bicyclic) bond motifs is 17. The molecule has 0 unspecified atom stereocenters. The van der Waals surface area contributed by atoms with Crippen LogP contribution in [0.15, 0.2) is 461 Å². The van der Waals surface area contributed by atoms with Crippen LogP contribution in [-0.2, 0) is 0 Å². The third-order valence-electron chi connectivity index (χ3n) is 29.6. The number of nitrogens with zero attached hydrogens (tertiary/aromatic N) is 8. The smallest absolute Gasteiger partial charge is 0.235 e. The fourth-order valence-electron chi connectivity index (χ4n) is 23.6. The summed E-state index contributed by atoms with van der Waals surface area (Å²) in [5.41, 5.74) is 36.2. The monoisotopic (exact) mass is 1750 g/mol. The summed E-state index contributed by atoms with van der Waals surface area (Å²) in [5.74, 6) is 1.53. The molecule has 0 bridgehead atoms. The number of aromatic nitrogens is 8. The zero-order chi connectivity index (χ0) is 90.1. The molecule has 29 aromatic rings. The van der Waals surface area contributed by atoms with Crippen LogP contribution in [0.3, 0.4) is 0 Å². The van der Waals surface area contributed by atoms with E-state index < -0.39 is 0 Å². The second-order valence-corrected chi connectivity index (χ2v) is 36.9. The minimum atomic E-state index is 0.686. The van der Waals surface area contributed by atoms with Crippen molar-refractivity contribution >= 4 is 174 Å². The summed E-state index contributed by atoms with van der Waals surface area (Å²) in [7, 11) is 0. The maximum atomic E-state index is 5.33. The van der Waals surface area contributed by atoms with Gasteiger partial charge in [-0.2, -0.15) is 0 Å². The third kappa shape index (κ3) is 11.2. The zero-order valence-corrected chi connectivity index (χ0v) is 74.5. The molecule has 3 aliphatic rings. The van der Waals surface area contributed by atoms with E-state index in [9.17, 15) is 0 Å². The van der Waals surface area contributed by atoms with Crippen molar-refractivity contribution < 1.29 is 0 Å². The molecule has 6 aromatic heterocycles. The van der Waals surface area contributed by atoms with E-state index in [2.05, 4.69) is 449 Å². The number of benzene rings is 23. The van der Waals surface area contributed by atoms with Crippen molar-refractivity contribution in [2.75, 3.05) is 0 Å². The SMILES string of the molecule is c1ccc(-c2nc(-n3c4cccc5c4c4c6c(cccc6ccc43)-c3cc4ccccc4cc3-5)nc3ccccc23)cc1.c1ccc(-c2nc3ccccc3nc2-n2c3cccc4c3c3c5c(cccc5ccc32)-c2cc3ccccc3cc2-4)cc1.c1ccc2cc3c(cc2c1)-c1cccc2ccc4c(c12)c1c-3cccc1n4-c1ccc(-c2ccc(-n3c4ccccc4c4ccccc43)cc2)cc1. The summed E-state index contributed by atoms with van der Waals surface area (Å²) in [6.45, 7) is 0. The highest BCUT2D eigenvalue weighted by Gasteiger charge is 2.32. The number of rotatable bonds is 7. The molecular formula is C130H76N8. The van der Waals surface area contributed by atoms with Gasteiger partial charge in [0.15, 0.2) is 5.82 Å². The van der Waals surface area contributed by atoms with Crippen LogP contribution in [0.5, 0.6) is 0 Å². The van der Waals surface area contributed by atoms with Crippen molar-refractivity contribution in [3.05, 3.63) is 461 Å². The van der Waals surface area contributed by atoms with Crippen molar-refractivity contribution in [2.45, 2.75) is 0 Å². The molecule has 0 saturated carbocycles. The Morgan fingerprint density at radius 3 is 0.870 bits per heavy atom. The van der Waals surface area contributed by atoms with E-state index in [-0.39, 0.29) is 0 Å². The van der Waals surface area contributed by atoms with Gasteiger partial charge in [-0.05, 0) is 270 Å². The Morgan fingerprint density at radius 1 is 0.145 bits per heavy atom. The molecule has 8 heteroatoms. The Balaban J connectivity index is 0.0000000984. The van der Waals surface area contributed by atoms with E-state index in [1.54, 1.807) is 0 Å². The van der Waals surface area contributed by atoms with E-state index in [0.29, 0.717) is 5.95 Å². The lowest BCUT2D eigenvalue weighted by Gasteiger charge is -2.16. The minimum absolute atomic E-state index is 0.686. The molecule has 23 aromatic carbocycles. The number of hydrogen-bond acceptors (Lipinski definition) is 4. The molecule has 0 saturated heterocycles. The Hall–Kier alpha value is -18.5. The van der Waals surface area contributed by atoms with Gasteiger partial charge < -0.3 is 9.13 Å². The van der Waals surface area contributed by atoms with Crippen molar-refractivity contribution in [1.29, 1.82) is 0 Å². The molecule has 32 rings (SSSR count). The molecule has 3 aliphatic carbocycles. The summed E-state index contributed by atoms with van der Waals surface area (Å²) in [4.78, 5) is 21.0. The average molecular weight is 1750 g/mol. The van der Waals surface area contributed by atoms with Gasteiger partial charge in [-0.15, -0.1) is 0 Å². The predicted octanol–water partition coefficient (Wildman–Crippen LogP) is 34.2. The zero-order valence-electron chi connectivity index (χ0n) is 74.5. The molecule has 0 N–H and O–H groups in total. The van der Waals surface area contributed by atoms with Gasteiger partial charge in [0, 0.05) is 71.0 Å². The maximum absolute atomic E-state index is 5.33. The van der Waals surface area contributed by atoms with Gasteiger partial charge >= 0.3 is 0 Å². The van der Waals surface area contributed by atoms with Crippen LogP contribution in [0.25, 0.3) is 297 Å². The first-order valence-electron chi connectivity index (χ1n) is 47.4. The standard InChI is InChI=1S/C50H30N2.2C40H23N3/c1-2-10-35-30-43-41-15-8-18-46-49(41)50-47(28-23-33-11-7-14-40(48(33)50)42(43)29-34(35)9-1)52(46)37-26-21-32(22-27-37)31-19-24-36(25-20-31)51-44-16-5-3-12-38(44)39-13-4-6-17-45(39)51;1-2-10-25(11-3-1)39-40(42-33-18-7-6-17-32(33)41-39)43-34-19-9-16-29-31-23-27-13-5-4-12-26(27)22-30(31)28-15-8-14-24-20-21-35(43)38(36(24)28)37(29)34;1-2-10-25(11-3-1)39-30-15-6-7-18-33(30)41-40(42-39)43-34-19-9-17-29-32-23-27-13-5-4-12-26(27)22-31(32)28-16-8-14-24-20-21-35(43)38(36(24)28)37(29)34/h1-30H;2*1-23H. The summed E-state index contributed by atoms with van der Waals surface area (Å²) >= 11 is 0. The first-order valence-corrected chi connectivity index (χ1v) is 47.4. The quantitative estimate of drug-likeness (QED) is 0.159. The van der Waals surface area contributed by atoms with Crippen LogP contribution in [-0.4, -0.2) is 38.2 Å². The maximum Gasteiger partial charge on any atom is 0.235 e. The van der Waals surface area contributed by atoms with Gasteiger partial charge in [0.25, 0.3) is 0 Å². The van der Waals surface area contributed by atoms with E-state index in [0.717, 1.165) is 72.3 Å². The third-order valence-corrected chi connectivity index (χ3v) is 29.6. The van der Waals surface area contributed by atoms with Crippen molar-refractivity contribution in [2.24, 2.45) is 0 Å². The number of para-hydroxylation sites is 5. The Labute approximate surface area is 791 Å². The van der Waals surface area contributed by atoms with Crippen LogP contribution in [0.2, 0.25) is 0 Å². The summed E-state index contributed by atoms with van der Waals surface area (Å²) in [6.07, 6.45) is 0. The predicted molar refractivity (Wildman–Crippen MR) is 578 cm³/mol. The van der Waals surface area contributed by atoms with Crippen LogP contribution >= 0.6 is 0 Å². The van der Waals surface area contributed by atoms with E-state index in [4.69, 9.17) is 19.9 Å². The van der Waals surface area contributed by atoms with E-state index in [1.165, 1.54) is 219 Å². The molecule has 0 aliphatic heterocycles. The lowest BCUT2D eigenvalue weighted by atomic mass is 9.91. The molecular weight excluding hydrogens is 1670 g/mol. The molecule has 0 spiro atoms. The Bertz CT molecular complexity index is 10300. The molecule has 0 radical (unpaired) electrons. The van der Waals surface area contributed by atoms with Crippen molar-refractivity contribution in [1.82, 2.24) is 38.2 Å². The van der Waals surface area contributed by atoms with Crippen LogP contribution in [0.4, 0.5) is 0 Å². The fourth-order valence-corrected chi connectivity index (χ4v) is 23.6. The highest BCUT2D eigenvalue weighted by molar-refractivity contribution is 6.35. The first kappa shape index (κ1) is 76.1. The van der Waals surface area contributed by atoms with Gasteiger partial charge in [-0.25, -0.2) is 19.9 Å².